The van der Waals surface area contributed by atoms with Crippen LogP contribution in [0.2, 0.25) is 0 Å². The molecule has 0 N–H and O–H groups in total. The number of amides is 1. The molecule has 2 aromatic heterocycles. The second kappa shape index (κ2) is 6.18. The van der Waals surface area contributed by atoms with Crippen LogP contribution in [0.25, 0.3) is 0 Å². The zero-order chi connectivity index (χ0) is 15.7. The summed E-state index contributed by atoms with van der Waals surface area (Å²) in [6, 6.07) is 3.71. The number of aromatic nitrogens is 3. The third-order valence-electron chi connectivity index (χ3n) is 3.99. The Balaban J connectivity index is 1.93. The van der Waals surface area contributed by atoms with E-state index in [0.29, 0.717) is 13.2 Å². The van der Waals surface area contributed by atoms with E-state index in [0.717, 1.165) is 34.1 Å². The molecule has 118 valence electrons. The molecule has 0 saturated heterocycles. The highest BCUT2D eigenvalue weighted by Crippen LogP contribution is 2.30. The van der Waals surface area contributed by atoms with Gasteiger partial charge < -0.3 is 9.64 Å². The fraction of sp³-hybridized carbons (Fsp3) is 0.533. The second-order valence-electron chi connectivity index (χ2n) is 5.37. The Labute approximate surface area is 133 Å². The summed E-state index contributed by atoms with van der Waals surface area (Å²) in [5.41, 5.74) is 1.99. The molecule has 1 aliphatic heterocycles. The van der Waals surface area contributed by atoms with Crippen molar-refractivity contribution < 1.29 is 9.53 Å². The minimum absolute atomic E-state index is 0.0526. The number of aryl methyl sites for hydroxylation is 2. The molecule has 0 saturated carbocycles. The van der Waals surface area contributed by atoms with E-state index >= 15 is 0 Å². The van der Waals surface area contributed by atoms with Gasteiger partial charge >= 0.3 is 0 Å². The van der Waals surface area contributed by atoms with E-state index in [9.17, 15) is 4.79 Å². The second-order valence-corrected chi connectivity index (χ2v) is 6.66. The molecule has 0 spiro atoms. The average Bonchev–Trinajstić information content (AvgIpc) is 3.13. The highest BCUT2D eigenvalue weighted by Gasteiger charge is 2.35. The van der Waals surface area contributed by atoms with Gasteiger partial charge in [-0.1, -0.05) is 5.21 Å². The van der Waals surface area contributed by atoms with Gasteiger partial charge in [0.2, 0.25) is 0 Å². The Kier molecular flexibility index (Phi) is 4.26. The molecule has 1 aliphatic rings. The Morgan fingerprint density at radius 1 is 1.50 bits per heavy atom. The van der Waals surface area contributed by atoms with E-state index < -0.39 is 0 Å². The third-order valence-corrected chi connectivity index (χ3v) is 4.97. The van der Waals surface area contributed by atoms with Crippen LogP contribution in [0.1, 0.15) is 38.9 Å². The smallest absolute Gasteiger partial charge is 0.264 e. The van der Waals surface area contributed by atoms with Crippen molar-refractivity contribution in [3.63, 3.8) is 0 Å². The predicted molar refractivity (Wildman–Crippen MR) is 84.1 cm³/mol. The van der Waals surface area contributed by atoms with Crippen molar-refractivity contribution in [1.29, 1.82) is 0 Å². The first-order chi connectivity index (χ1) is 10.7. The normalized spacial score (nSPS) is 17.6. The lowest BCUT2D eigenvalue weighted by molar-refractivity contribution is 0.0495. The fourth-order valence-corrected chi connectivity index (χ4v) is 3.73. The Bertz CT molecular complexity index is 679. The minimum Gasteiger partial charge on any atom is -0.382 e. The molecule has 2 aromatic rings. The first-order valence-corrected chi connectivity index (χ1v) is 8.26. The molecule has 0 unspecified atom stereocenters. The van der Waals surface area contributed by atoms with Gasteiger partial charge in [-0.2, -0.15) is 0 Å². The lowest BCUT2D eigenvalue weighted by Crippen LogP contribution is -2.42. The van der Waals surface area contributed by atoms with Crippen molar-refractivity contribution in [2.24, 2.45) is 0 Å². The number of hydrogen-bond donors (Lipinski definition) is 0. The number of ether oxygens (including phenoxy) is 1. The Morgan fingerprint density at radius 2 is 2.32 bits per heavy atom. The summed E-state index contributed by atoms with van der Waals surface area (Å²) in [5, 5.41) is 8.50. The van der Waals surface area contributed by atoms with Gasteiger partial charge in [-0.05, 0) is 26.0 Å². The first kappa shape index (κ1) is 15.2. The molecule has 0 radical (unpaired) electrons. The SMILES string of the molecule is CCn1nnc2c1CCN(C(=O)c1ccc(C)s1)[C@@H]2COC. The molecule has 6 nitrogen and oxygen atoms in total. The quantitative estimate of drug-likeness (QED) is 0.865. The number of nitrogens with zero attached hydrogens (tertiary/aromatic N) is 4. The van der Waals surface area contributed by atoms with Gasteiger partial charge in [0.05, 0.1) is 17.2 Å². The Morgan fingerprint density at radius 3 is 2.95 bits per heavy atom. The number of fused-ring (bicyclic) bond motifs is 1. The third kappa shape index (κ3) is 2.55. The Hall–Kier alpha value is -1.73. The molecular formula is C15H20N4O2S. The summed E-state index contributed by atoms with van der Waals surface area (Å²) in [6.07, 6.45) is 0.784. The lowest BCUT2D eigenvalue weighted by Gasteiger charge is -2.34. The van der Waals surface area contributed by atoms with E-state index in [4.69, 9.17) is 4.74 Å². The largest absolute Gasteiger partial charge is 0.382 e. The summed E-state index contributed by atoms with van der Waals surface area (Å²) in [4.78, 5) is 16.6. The molecule has 1 atom stereocenters. The maximum absolute atomic E-state index is 12.8. The van der Waals surface area contributed by atoms with Gasteiger partial charge in [-0.15, -0.1) is 16.4 Å². The van der Waals surface area contributed by atoms with Crippen LogP contribution in [0, 0.1) is 6.92 Å². The van der Waals surface area contributed by atoms with E-state index in [1.165, 1.54) is 11.3 Å². The van der Waals surface area contributed by atoms with Crippen LogP contribution < -0.4 is 0 Å². The maximum atomic E-state index is 12.8. The zero-order valence-corrected chi connectivity index (χ0v) is 13.9. The average molecular weight is 320 g/mol. The van der Waals surface area contributed by atoms with Crippen molar-refractivity contribution >= 4 is 17.2 Å². The van der Waals surface area contributed by atoms with Crippen LogP contribution in [0.4, 0.5) is 0 Å². The van der Waals surface area contributed by atoms with Crippen LogP contribution >= 0.6 is 11.3 Å². The molecule has 3 heterocycles. The summed E-state index contributed by atoms with van der Waals surface area (Å²) in [6.45, 7) is 5.96. The number of rotatable bonds is 4. The summed E-state index contributed by atoms with van der Waals surface area (Å²) in [7, 11) is 1.65. The van der Waals surface area contributed by atoms with Gasteiger partial charge in [0.25, 0.3) is 5.91 Å². The highest BCUT2D eigenvalue weighted by atomic mass is 32.1. The molecular weight excluding hydrogens is 300 g/mol. The number of carbonyl (C=O) groups is 1. The molecule has 1 amide bonds. The van der Waals surface area contributed by atoms with Crippen LogP contribution in [-0.2, 0) is 17.7 Å². The van der Waals surface area contributed by atoms with Gasteiger partial charge in [-0.25, -0.2) is 4.68 Å². The van der Waals surface area contributed by atoms with Crippen LogP contribution in [0.5, 0.6) is 0 Å². The molecule has 0 aliphatic carbocycles. The molecule has 0 aromatic carbocycles. The van der Waals surface area contributed by atoms with Crippen molar-refractivity contribution in [2.45, 2.75) is 32.9 Å². The highest BCUT2D eigenvalue weighted by molar-refractivity contribution is 7.13. The molecule has 0 bridgehead atoms. The number of thiophene rings is 1. The summed E-state index contributed by atoms with van der Waals surface area (Å²) >= 11 is 1.53. The van der Waals surface area contributed by atoms with E-state index in [2.05, 4.69) is 10.3 Å². The lowest BCUT2D eigenvalue weighted by atomic mass is 10.0. The molecule has 0 fully saturated rings. The van der Waals surface area contributed by atoms with E-state index in [1.807, 2.05) is 35.6 Å². The van der Waals surface area contributed by atoms with Crippen molar-refractivity contribution in [2.75, 3.05) is 20.3 Å². The topological polar surface area (TPSA) is 60.2 Å². The van der Waals surface area contributed by atoms with Crippen LogP contribution in [0.15, 0.2) is 12.1 Å². The number of carbonyl (C=O) groups excluding carboxylic acids is 1. The standard InChI is InChI=1S/C15H20N4O2S/c1-4-19-11-7-8-18(12(9-21-3)14(11)16-17-19)15(20)13-6-5-10(2)22-13/h5-6,12H,4,7-9H2,1-3H3/t12-/m1/s1. The fourth-order valence-electron chi connectivity index (χ4n) is 2.91. The van der Waals surface area contributed by atoms with Crippen molar-refractivity contribution in [3.05, 3.63) is 33.3 Å². The van der Waals surface area contributed by atoms with Gasteiger partial charge in [0, 0.05) is 31.5 Å². The summed E-state index contributed by atoms with van der Waals surface area (Å²) in [5.74, 6) is 0.0526. The van der Waals surface area contributed by atoms with Gasteiger partial charge in [-0.3, -0.25) is 4.79 Å². The molecule has 7 heteroatoms. The predicted octanol–water partition coefficient (Wildman–Crippen LogP) is 2.05. The molecule has 22 heavy (non-hydrogen) atoms. The van der Waals surface area contributed by atoms with Gasteiger partial charge in [0.1, 0.15) is 11.7 Å². The number of methoxy groups -OCH3 is 1. The van der Waals surface area contributed by atoms with Crippen molar-refractivity contribution in [1.82, 2.24) is 19.9 Å². The zero-order valence-electron chi connectivity index (χ0n) is 13.1. The van der Waals surface area contributed by atoms with Crippen molar-refractivity contribution in [3.8, 4) is 0 Å². The monoisotopic (exact) mass is 320 g/mol. The first-order valence-electron chi connectivity index (χ1n) is 7.44. The maximum Gasteiger partial charge on any atom is 0.264 e. The molecule has 3 rings (SSSR count). The van der Waals surface area contributed by atoms with E-state index in [1.54, 1.807) is 7.11 Å². The summed E-state index contributed by atoms with van der Waals surface area (Å²) < 4.78 is 7.25. The van der Waals surface area contributed by atoms with Gasteiger partial charge in [0.15, 0.2) is 0 Å². The van der Waals surface area contributed by atoms with E-state index in [-0.39, 0.29) is 11.9 Å². The van der Waals surface area contributed by atoms with Crippen LogP contribution in [-0.4, -0.2) is 46.1 Å². The minimum atomic E-state index is -0.163. The van der Waals surface area contributed by atoms with Crippen LogP contribution in [0.3, 0.4) is 0 Å². The number of hydrogen-bond acceptors (Lipinski definition) is 5.